The number of carbonyl (C=O) groups excluding carboxylic acids is 2. The van der Waals surface area contributed by atoms with Crippen molar-refractivity contribution in [1.82, 2.24) is 35.3 Å². The number of methoxy groups -OCH3 is 2. The number of hydrazone groups is 2. The number of rotatable bonds is 7. The summed E-state index contributed by atoms with van der Waals surface area (Å²) in [5.41, 5.74) is 2.33. The Bertz CT molecular complexity index is 2080. The number of carbonyl (C=O) groups is 2. The third kappa shape index (κ3) is 8.93. The van der Waals surface area contributed by atoms with Gasteiger partial charge in [-0.05, 0) is 85.7 Å². The van der Waals surface area contributed by atoms with Crippen LogP contribution in [0.25, 0.3) is 0 Å². The Kier molecular flexibility index (Phi) is 12.7. The van der Waals surface area contributed by atoms with Crippen LogP contribution in [0.5, 0.6) is 12.0 Å². The molecule has 0 radical (unpaired) electrons. The number of ether oxygens (including phenoxy) is 2. The number of hydrogen-bond acceptors (Lipinski definition) is 12. The third-order valence-electron chi connectivity index (χ3n) is 12.5. The molecule has 2 amide bonds. The molecule has 0 spiro atoms. The fourth-order valence-corrected chi connectivity index (χ4v) is 9.92. The Hall–Kier alpha value is -5.47. The van der Waals surface area contributed by atoms with E-state index >= 15 is 0 Å². The Morgan fingerprint density at radius 1 is 0.644 bits per heavy atom. The SMILES string of the molecule is COc1nccc(Cl)n1.COc1nccc(N2CC3CCC(C2)C3C(=O)N2N=CCC2c2ccccc2)n1.O=C(C1C2CCC1CNC2)N1N=CCC1c1ccccc1. The van der Waals surface area contributed by atoms with Crippen molar-refractivity contribution in [3.8, 4) is 12.0 Å². The van der Waals surface area contributed by atoms with Crippen molar-refractivity contribution in [1.29, 1.82) is 0 Å². The first-order chi connectivity index (χ1) is 28.9. The first kappa shape index (κ1) is 40.3. The van der Waals surface area contributed by atoms with Gasteiger partial charge in [-0.1, -0.05) is 72.3 Å². The number of aromatic nitrogens is 4. The van der Waals surface area contributed by atoms with Crippen molar-refractivity contribution in [3.05, 3.63) is 101 Å². The molecule has 2 saturated heterocycles. The second-order valence-electron chi connectivity index (χ2n) is 15.9. The average molecular weight is 819 g/mol. The van der Waals surface area contributed by atoms with Crippen molar-refractivity contribution in [3.63, 3.8) is 0 Å². The summed E-state index contributed by atoms with van der Waals surface area (Å²) in [6, 6.07) is 24.8. The molecule has 15 heteroatoms. The fraction of sp³-hybridized carbons (Fsp3) is 0.455. The lowest BCUT2D eigenvalue weighted by Gasteiger charge is -2.39. The highest BCUT2D eigenvalue weighted by Gasteiger charge is 2.49. The maximum absolute atomic E-state index is 13.5. The van der Waals surface area contributed by atoms with Crippen LogP contribution in [0, 0.1) is 35.5 Å². The van der Waals surface area contributed by atoms with Gasteiger partial charge in [-0.15, -0.1) is 0 Å². The second-order valence-corrected chi connectivity index (χ2v) is 16.3. The summed E-state index contributed by atoms with van der Waals surface area (Å²) in [7, 11) is 3.07. The smallest absolute Gasteiger partial charge is 0.318 e. The van der Waals surface area contributed by atoms with E-state index in [1.54, 1.807) is 29.4 Å². The maximum Gasteiger partial charge on any atom is 0.318 e. The van der Waals surface area contributed by atoms with Gasteiger partial charge in [-0.25, -0.2) is 20.0 Å². The highest BCUT2D eigenvalue weighted by atomic mass is 35.5. The van der Waals surface area contributed by atoms with Crippen molar-refractivity contribution in [2.75, 3.05) is 45.3 Å². The highest BCUT2D eigenvalue weighted by molar-refractivity contribution is 6.29. The van der Waals surface area contributed by atoms with E-state index in [-0.39, 0.29) is 35.7 Å². The van der Waals surface area contributed by atoms with Crippen molar-refractivity contribution in [2.45, 2.75) is 50.6 Å². The van der Waals surface area contributed by atoms with Gasteiger partial charge in [0, 0.05) is 62.6 Å². The summed E-state index contributed by atoms with van der Waals surface area (Å²) in [5, 5.41) is 16.2. The van der Waals surface area contributed by atoms with Gasteiger partial charge in [-0.3, -0.25) is 9.59 Å². The number of anilines is 1. The van der Waals surface area contributed by atoms with Crippen LogP contribution < -0.4 is 19.7 Å². The Morgan fingerprint density at radius 3 is 1.61 bits per heavy atom. The molecule has 2 aromatic carbocycles. The lowest BCUT2D eigenvalue weighted by molar-refractivity contribution is -0.141. The highest BCUT2D eigenvalue weighted by Crippen LogP contribution is 2.46. The van der Waals surface area contributed by atoms with Gasteiger partial charge < -0.3 is 19.7 Å². The van der Waals surface area contributed by atoms with Gasteiger partial charge in [0.15, 0.2) is 0 Å². The Morgan fingerprint density at radius 2 is 1.12 bits per heavy atom. The fourth-order valence-electron chi connectivity index (χ4n) is 9.79. The molecule has 59 heavy (non-hydrogen) atoms. The molecule has 2 aliphatic carbocycles. The summed E-state index contributed by atoms with van der Waals surface area (Å²) >= 11 is 5.49. The molecule has 1 N–H and O–H groups in total. The number of piperidine rings is 2. The zero-order valence-electron chi connectivity index (χ0n) is 33.5. The van der Waals surface area contributed by atoms with E-state index in [0.717, 1.165) is 63.2 Å². The summed E-state index contributed by atoms with van der Waals surface area (Å²) < 4.78 is 9.86. The minimum absolute atomic E-state index is 0.0206. The standard InChI is InChI=1S/C22H25N5O2.C17H21N3O.C5H5ClN2O/c1-29-22-23-11-10-19(25-22)26-13-16-7-8-17(14-26)20(16)21(28)27-18(9-12-24-27)15-5-3-2-4-6-15;21-17(16-13-6-7-14(16)11-18-10-13)20-15(8-9-19-20)12-4-2-1-3-5-12;1-9-5-7-3-2-4(6)8-5/h2-6,10-12,16-18,20H,7-9,13-14H2,1H3;1-5,9,13-16,18H,6-8,10-11H2;2-3H,1H3. The number of hydrogen-bond donors (Lipinski definition) is 1. The number of benzene rings is 2. The van der Waals surface area contributed by atoms with Crippen LogP contribution >= 0.6 is 11.6 Å². The van der Waals surface area contributed by atoms with Crippen molar-refractivity contribution < 1.29 is 19.1 Å². The van der Waals surface area contributed by atoms with E-state index in [9.17, 15) is 9.59 Å². The van der Waals surface area contributed by atoms with Gasteiger partial charge in [0.05, 0.1) is 26.3 Å². The minimum atomic E-state index is 0.0206. The quantitative estimate of drug-likeness (QED) is 0.213. The monoisotopic (exact) mass is 818 g/mol. The van der Waals surface area contributed by atoms with Crippen LogP contribution in [-0.2, 0) is 9.59 Å². The van der Waals surface area contributed by atoms with Crippen molar-refractivity contribution >= 4 is 41.7 Å². The Balaban J connectivity index is 0.000000140. The molecule has 6 unspecified atom stereocenters. The van der Waals surface area contributed by atoms with E-state index < -0.39 is 0 Å². The third-order valence-corrected chi connectivity index (χ3v) is 12.7. The summed E-state index contributed by atoms with van der Waals surface area (Å²) in [6.45, 7) is 3.64. The second kappa shape index (κ2) is 18.6. The molecule has 10 rings (SSSR count). The zero-order valence-corrected chi connectivity index (χ0v) is 34.2. The molecule has 4 fully saturated rings. The number of nitrogens with zero attached hydrogens (tertiary/aromatic N) is 9. The first-order valence-corrected chi connectivity index (χ1v) is 21.0. The lowest BCUT2D eigenvalue weighted by Crippen LogP contribution is -2.48. The van der Waals surface area contributed by atoms with Crippen LogP contribution in [0.2, 0.25) is 5.15 Å². The molecule has 14 nitrogen and oxygen atoms in total. The Labute approximate surface area is 350 Å². The van der Waals surface area contributed by atoms with Gasteiger partial charge in [0.1, 0.15) is 11.0 Å². The number of fused-ring (bicyclic) bond motifs is 4. The molecule has 4 aromatic rings. The molecular weight excluding hydrogens is 768 g/mol. The number of nitrogens with one attached hydrogen (secondary N) is 1. The molecule has 6 heterocycles. The zero-order chi connectivity index (χ0) is 40.7. The molecule has 2 aromatic heterocycles. The molecule has 6 atom stereocenters. The molecule has 6 aliphatic rings. The summed E-state index contributed by atoms with van der Waals surface area (Å²) in [4.78, 5) is 44.9. The van der Waals surface area contributed by atoms with Gasteiger partial charge in [-0.2, -0.15) is 20.2 Å². The van der Waals surface area contributed by atoms with E-state index in [0.29, 0.717) is 40.8 Å². The van der Waals surface area contributed by atoms with Crippen LogP contribution in [0.1, 0.15) is 61.7 Å². The first-order valence-electron chi connectivity index (χ1n) is 20.6. The van der Waals surface area contributed by atoms with Gasteiger partial charge in [0.25, 0.3) is 0 Å². The largest absolute Gasteiger partial charge is 0.467 e. The maximum atomic E-state index is 13.5. The van der Waals surface area contributed by atoms with Crippen LogP contribution in [0.15, 0.2) is 95.4 Å². The topological polar surface area (TPSA) is 151 Å². The summed E-state index contributed by atoms with van der Waals surface area (Å²) in [6.07, 6.45) is 13.2. The summed E-state index contributed by atoms with van der Waals surface area (Å²) in [5.74, 6) is 3.17. The van der Waals surface area contributed by atoms with E-state index in [1.165, 1.54) is 31.7 Å². The molecule has 308 valence electrons. The van der Waals surface area contributed by atoms with Crippen LogP contribution in [-0.4, -0.2) is 94.6 Å². The lowest BCUT2D eigenvalue weighted by atomic mass is 9.83. The minimum Gasteiger partial charge on any atom is -0.467 e. The molecule has 2 saturated carbocycles. The van der Waals surface area contributed by atoms with Crippen LogP contribution in [0.3, 0.4) is 0 Å². The van der Waals surface area contributed by atoms with E-state index in [1.807, 2.05) is 54.9 Å². The van der Waals surface area contributed by atoms with Crippen LogP contribution in [0.4, 0.5) is 5.82 Å². The normalized spacial score (nSPS) is 27.4. The van der Waals surface area contributed by atoms with Gasteiger partial charge in [0.2, 0.25) is 11.8 Å². The molecular formula is C44H51ClN10O4. The molecule has 4 bridgehead atoms. The number of halogens is 1. The predicted molar refractivity (Wildman–Crippen MR) is 225 cm³/mol. The van der Waals surface area contributed by atoms with E-state index in [4.69, 9.17) is 16.3 Å². The van der Waals surface area contributed by atoms with Crippen molar-refractivity contribution in [2.24, 2.45) is 45.7 Å². The average Bonchev–Trinajstić information content (AvgIpc) is 4.08. The van der Waals surface area contributed by atoms with E-state index in [2.05, 4.69) is 69.4 Å². The van der Waals surface area contributed by atoms with Gasteiger partial charge >= 0.3 is 12.0 Å². The molecule has 4 aliphatic heterocycles. The predicted octanol–water partition coefficient (Wildman–Crippen LogP) is 6.24. The number of amides is 2.